The number of rotatable bonds is 4. The Morgan fingerprint density at radius 1 is 1.30 bits per heavy atom. The fourth-order valence-corrected chi connectivity index (χ4v) is 3.97. The molecule has 0 aliphatic carbocycles. The van der Waals surface area contributed by atoms with Crippen molar-refractivity contribution in [3.8, 4) is 11.5 Å². The van der Waals surface area contributed by atoms with Crippen LogP contribution in [0.25, 0.3) is 0 Å². The molecule has 0 radical (unpaired) electrons. The number of fused-ring (bicyclic) bond motifs is 1. The average molecular weight is 411 g/mol. The van der Waals surface area contributed by atoms with Crippen molar-refractivity contribution in [2.24, 2.45) is 0 Å². The summed E-state index contributed by atoms with van der Waals surface area (Å²) in [4.78, 5) is 12.8. The van der Waals surface area contributed by atoms with Gasteiger partial charge in [0.2, 0.25) is 10.0 Å². The highest BCUT2D eigenvalue weighted by molar-refractivity contribution is 7.92. The quantitative estimate of drug-likeness (QED) is 0.837. The number of carbonyl (C=O) groups is 1. The second-order valence-electron chi connectivity index (χ2n) is 6.03. The van der Waals surface area contributed by atoms with Crippen molar-refractivity contribution in [3.63, 3.8) is 0 Å². The molecule has 0 aromatic heterocycles. The Hall–Kier alpha value is -2.45. The van der Waals surface area contributed by atoms with Gasteiger partial charge in [-0.2, -0.15) is 0 Å². The molecular weight excluding hydrogens is 392 g/mol. The van der Waals surface area contributed by atoms with Gasteiger partial charge in [0.05, 0.1) is 24.7 Å². The van der Waals surface area contributed by atoms with E-state index in [0.717, 1.165) is 6.26 Å². The molecule has 0 unspecified atom stereocenters. The van der Waals surface area contributed by atoms with E-state index in [1.54, 1.807) is 42.5 Å². The maximum atomic E-state index is 12.8. The van der Waals surface area contributed by atoms with E-state index >= 15 is 0 Å². The first kappa shape index (κ1) is 19.3. The molecule has 2 aromatic carbocycles. The van der Waals surface area contributed by atoms with Gasteiger partial charge in [0.25, 0.3) is 5.91 Å². The van der Waals surface area contributed by atoms with Crippen LogP contribution < -0.4 is 19.1 Å². The number of ether oxygens (including phenoxy) is 2. The number of para-hydroxylation sites is 2. The van der Waals surface area contributed by atoms with Crippen LogP contribution in [0.5, 0.6) is 11.5 Å². The average Bonchev–Trinajstić information content (AvgIpc) is 2.81. The van der Waals surface area contributed by atoms with Crippen molar-refractivity contribution in [1.29, 1.82) is 0 Å². The number of hydrogen-bond donors (Lipinski definition) is 1. The Balaban J connectivity index is 1.87. The predicted octanol–water partition coefficient (Wildman–Crippen LogP) is 2.90. The van der Waals surface area contributed by atoms with Crippen molar-refractivity contribution in [1.82, 2.24) is 0 Å². The van der Waals surface area contributed by atoms with Crippen LogP contribution in [-0.2, 0) is 14.8 Å². The molecular formula is C18H19ClN2O5S. The lowest BCUT2D eigenvalue weighted by molar-refractivity contribution is -0.122. The Morgan fingerprint density at radius 3 is 2.74 bits per heavy atom. The predicted molar refractivity (Wildman–Crippen MR) is 104 cm³/mol. The summed E-state index contributed by atoms with van der Waals surface area (Å²) < 4.78 is 36.6. The zero-order valence-corrected chi connectivity index (χ0v) is 16.4. The zero-order valence-electron chi connectivity index (χ0n) is 14.8. The van der Waals surface area contributed by atoms with Crippen LogP contribution in [0.3, 0.4) is 0 Å². The fourth-order valence-electron chi connectivity index (χ4n) is 2.85. The molecule has 7 nitrogen and oxygen atoms in total. The van der Waals surface area contributed by atoms with E-state index in [1.165, 1.54) is 11.4 Å². The van der Waals surface area contributed by atoms with Crippen molar-refractivity contribution in [3.05, 3.63) is 47.5 Å². The third-order valence-corrected chi connectivity index (χ3v) is 5.52. The highest BCUT2D eigenvalue weighted by Crippen LogP contribution is 2.34. The first-order chi connectivity index (χ1) is 12.8. The van der Waals surface area contributed by atoms with Gasteiger partial charge in [0.1, 0.15) is 11.5 Å². The molecule has 1 aliphatic heterocycles. The van der Waals surface area contributed by atoms with Gasteiger partial charge in [-0.25, -0.2) is 8.42 Å². The summed E-state index contributed by atoms with van der Waals surface area (Å²) >= 11 is 5.99. The number of halogens is 1. The van der Waals surface area contributed by atoms with E-state index in [9.17, 15) is 13.2 Å². The third-order valence-electron chi connectivity index (χ3n) is 4.11. The molecule has 0 spiro atoms. The molecule has 144 valence electrons. The summed E-state index contributed by atoms with van der Waals surface area (Å²) in [5.41, 5.74) is 0.826. The minimum atomic E-state index is -3.50. The monoisotopic (exact) mass is 410 g/mol. The highest BCUT2D eigenvalue weighted by atomic mass is 35.5. The van der Waals surface area contributed by atoms with Gasteiger partial charge < -0.3 is 14.8 Å². The molecule has 1 amide bonds. The first-order valence-electron chi connectivity index (χ1n) is 8.17. The van der Waals surface area contributed by atoms with Crippen LogP contribution in [0.1, 0.15) is 6.42 Å². The third kappa shape index (κ3) is 4.28. The van der Waals surface area contributed by atoms with Crippen molar-refractivity contribution >= 4 is 38.9 Å². The molecule has 0 fully saturated rings. The number of nitrogens with zero attached hydrogens (tertiary/aromatic N) is 1. The number of benzene rings is 2. The van der Waals surface area contributed by atoms with Gasteiger partial charge >= 0.3 is 0 Å². The summed E-state index contributed by atoms with van der Waals surface area (Å²) in [6.07, 6.45) is 0.443. The second kappa shape index (κ2) is 7.66. The lowest BCUT2D eigenvalue weighted by Crippen LogP contribution is -2.36. The fraction of sp³-hybridized carbons (Fsp3) is 0.278. The molecule has 1 atom stereocenters. The van der Waals surface area contributed by atoms with Gasteiger partial charge in [-0.3, -0.25) is 9.10 Å². The number of anilines is 2. The first-order valence-corrected chi connectivity index (χ1v) is 10.4. The van der Waals surface area contributed by atoms with Crippen LogP contribution in [0, 0.1) is 0 Å². The summed E-state index contributed by atoms with van der Waals surface area (Å²) in [5.74, 6) is 0.374. The number of methoxy groups -OCH3 is 1. The maximum Gasteiger partial charge on any atom is 0.265 e. The number of sulfonamides is 1. The van der Waals surface area contributed by atoms with Gasteiger partial charge in [-0.1, -0.05) is 23.7 Å². The largest absolute Gasteiger partial charge is 0.495 e. The van der Waals surface area contributed by atoms with E-state index < -0.39 is 22.0 Å². The SMILES string of the molecule is COc1ccc(Cl)cc1NC(=O)[C@@H]1CCN(S(C)(=O)=O)c2ccccc2O1. The molecule has 0 bridgehead atoms. The lowest BCUT2D eigenvalue weighted by Gasteiger charge is -2.20. The van der Waals surface area contributed by atoms with Crippen LogP contribution in [0.15, 0.2) is 42.5 Å². The maximum absolute atomic E-state index is 12.8. The van der Waals surface area contributed by atoms with Gasteiger partial charge in [-0.05, 0) is 30.3 Å². The van der Waals surface area contributed by atoms with Gasteiger partial charge in [-0.15, -0.1) is 0 Å². The topological polar surface area (TPSA) is 84.9 Å². The molecule has 2 aromatic rings. The van der Waals surface area contributed by atoms with Gasteiger partial charge in [0, 0.05) is 18.0 Å². The molecule has 3 rings (SSSR count). The number of nitrogens with one attached hydrogen (secondary N) is 1. The zero-order chi connectivity index (χ0) is 19.6. The minimum Gasteiger partial charge on any atom is -0.495 e. The van der Waals surface area contributed by atoms with E-state index in [1.807, 2.05) is 0 Å². The molecule has 9 heteroatoms. The molecule has 27 heavy (non-hydrogen) atoms. The van der Waals surface area contributed by atoms with Crippen LogP contribution >= 0.6 is 11.6 Å². The van der Waals surface area contributed by atoms with Crippen LogP contribution in [0.2, 0.25) is 5.02 Å². The highest BCUT2D eigenvalue weighted by Gasteiger charge is 2.31. The number of amides is 1. The van der Waals surface area contributed by atoms with Crippen molar-refractivity contribution in [2.75, 3.05) is 29.5 Å². The standard InChI is InChI=1S/C18H19ClN2O5S/c1-25-15-8-7-12(19)11-13(15)20-18(22)17-9-10-21(27(2,23)24)14-5-3-4-6-16(14)26-17/h3-8,11,17H,9-10H2,1-2H3,(H,20,22)/t17-/m0/s1. The van der Waals surface area contributed by atoms with Crippen LogP contribution in [-0.4, -0.2) is 40.3 Å². The molecule has 1 aliphatic rings. The van der Waals surface area contributed by atoms with E-state index in [0.29, 0.717) is 27.9 Å². The number of hydrogen-bond acceptors (Lipinski definition) is 5. The second-order valence-corrected chi connectivity index (χ2v) is 8.38. The summed E-state index contributed by atoms with van der Waals surface area (Å²) in [6.45, 7) is 0.126. The molecule has 0 saturated heterocycles. The summed E-state index contributed by atoms with van der Waals surface area (Å²) in [5, 5.41) is 3.19. The van der Waals surface area contributed by atoms with E-state index in [-0.39, 0.29) is 13.0 Å². The van der Waals surface area contributed by atoms with E-state index in [4.69, 9.17) is 21.1 Å². The molecule has 1 N–H and O–H groups in total. The van der Waals surface area contributed by atoms with Gasteiger partial charge in [0.15, 0.2) is 6.10 Å². The van der Waals surface area contributed by atoms with Crippen molar-refractivity contribution < 1.29 is 22.7 Å². The Kier molecular flexibility index (Phi) is 5.48. The smallest absolute Gasteiger partial charge is 0.265 e. The van der Waals surface area contributed by atoms with Crippen molar-refractivity contribution in [2.45, 2.75) is 12.5 Å². The number of carbonyl (C=O) groups excluding carboxylic acids is 1. The lowest BCUT2D eigenvalue weighted by atomic mass is 10.2. The van der Waals surface area contributed by atoms with E-state index in [2.05, 4.69) is 5.32 Å². The Morgan fingerprint density at radius 2 is 2.04 bits per heavy atom. The summed E-state index contributed by atoms with van der Waals surface area (Å²) in [7, 11) is -2.02. The normalized spacial score (nSPS) is 16.7. The minimum absolute atomic E-state index is 0.126. The molecule has 1 heterocycles. The van der Waals surface area contributed by atoms with Crippen LogP contribution in [0.4, 0.5) is 11.4 Å². The Bertz CT molecular complexity index is 964. The molecule has 0 saturated carbocycles. The Labute approximate surface area is 162 Å². The summed E-state index contributed by atoms with van der Waals surface area (Å²) in [6, 6.07) is 11.6.